The highest BCUT2D eigenvalue weighted by molar-refractivity contribution is 7.90. The van der Waals surface area contributed by atoms with E-state index in [2.05, 4.69) is 10.1 Å². The van der Waals surface area contributed by atoms with Crippen LogP contribution in [0.1, 0.15) is 0 Å². The first-order chi connectivity index (χ1) is 8.20. The lowest BCUT2D eigenvalue weighted by Gasteiger charge is -2.05. The van der Waals surface area contributed by atoms with Gasteiger partial charge in [0.25, 0.3) is 5.91 Å². The number of carboxylic acid groups (broad SMARTS) is 1. The topological polar surface area (TPSA) is 139 Å². The zero-order chi connectivity index (χ0) is 14.2. The Morgan fingerprint density at radius 1 is 1.22 bits per heavy atom. The fraction of sp³-hybridized carbons (Fsp3) is 0.625. The summed E-state index contributed by atoms with van der Waals surface area (Å²) in [6, 6.07) is -0.873. The van der Waals surface area contributed by atoms with E-state index in [4.69, 9.17) is 5.11 Å². The zero-order valence-corrected chi connectivity index (χ0v) is 10.4. The largest absolute Gasteiger partial charge is 0.480 e. The van der Waals surface area contributed by atoms with E-state index in [9.17, 15) is 22.8 Å². The van der Waals surface area contributed by atoms with Crippen molar-refractivity contribution >= 4 is 27.7 Å². The second kappa shape index (κ2) is 7.61. The van der Waals surface area contributed by atoms with Crippen LogP contribution in [0.15, 0.2) is 0 Å². The molecule has 9 nitrogen and oxygen atoms in total. The van der Waals surface area contributed by atoms with Crippen molar-refractivity contribution in [1.82, 2.24) is 10.6 Å². The molecule has 0 aliphatic carbocycles. The average Bonchev–Trinajstić information content (AvgIpc) is 2.14. The number of urea groups is 1. The number of nitrogens with one attached hydrogen (secondary N) is 2. The van der Waals surface area contributed by atoms with Crippen molar-refractivity contribution in [2.75, 3.05) is 31.8 Å². The summed E-state index contributed by atoms with van der Waals surface area (Å²) in [5, 5.41) is 12.2. The van der Waals surface area contributed by atoms with Crippen LogP contribution in [0.5, 0.6) is 0 Å². The minimum Gasteiger partial charge on any atom is -0.480 e. The van der Waals surface area contributed by atoms with E-state index in [0.717, 1.165) is 6.26 Å². The highest BCUT2D eigenvalue weighted by Crippen LogP contribution is 1.80. The molecular weight excluding hydrogens is 268 g/mol. The smallest absolute Gasteiger partial charge is 0.329 e. The van der Waals surface area contributed by atoms with E-state index < -0.39 is 41.0 Å². The summed E-state index contributed by atoms with van der Waals surface area (Å²) >= 11 is 0. The predicted molar refractivity (Wildman–Crippen MR) is 59.7 cm³/mol. The number of imide groups is 1. The Labute approximate surface area is 103 Å². The first-order valence-corrected chi connectivity index (χ1v) is 6.81. The van der Waals surface area contributed by atoms with Crippen molar-refractivity contribution in [3.05, 3.63) is 0 Å². The third-order valence-electron chi connectivity index (χ3n) is 1.47. The first kappa shape index (κ1) is 16.3. The SMILES string of the molecule is CS(=O)(=O)CCNC(=O)NC(=O)COCC(=O)O. The number of ether oxygens (including phenoxy) is 1. The van der Waals surface area contributed by atoms with Crippen molar-refractivity contribution < 1.29 is 32.6 Å². The van der Waals surface area contributed by atoms with Crippen molar-refractivity contribution in [2.45, 2.75) is 0 Å². The standard InChI is InChI=1S/C8H14N2O7S/c1-18(15,16)3-2-9-8(14)10-6(11)4-17-5-7(12)13/h2-5H2,1H3,(H,12,13)(H2,9,10,11,14). The molecule has 0 spiro atoms. The molecule has 0 bridgehead atoms. The summed E-state index contributed by atoms with van der Waals surface area (Å²) in [5.74, 6) is -2.31. The Bertz CT molecular complexity index is 417. The molecule has 3 amide bonds. The molecule has 104 valence electrons. The summed E-state index contributed by atoms with van der Waals surface area (Å²) in [6.07, 6.45) is 1.01. The molecule has 0 unspecified atom stereocenters. The molecule has 18 heavy (non-hydrogen) atoms. The van der Waals surface area contributed by atoms with Crippen LogP contribution in [0.3, 0.4) is 0 Å². The first-order valence-electron chi connectivity index (χ1n) is 4.75. The molecule has 10 heteroatoms. The minimum atomic E-state index is -3.19. The van der Waals surface area contributed by atoms with Gasteiger partial charge in [0.15, 0.2) is 0 Å². The van der Waals surface area contributed by atoms with Crippen LogP contribution in [-0.4, -0.2) is 63.2 Å². The molecule has 0 aliphatic heterocycles. The molecular formula is C8H14N2O7S. The number of carbonyl (C=O) groups excluding carboxylic acids is 2. The number of hydrogen-bond donors (Lipinski definition) is 3. The molecule has 0 fully saturated rings. The Balaban J connectivity index is 3.74. The van der Waals surface area contributed by atoms with Crippen LogP contribution >= 0.6 is 0 Å². The van der Waals surface area contributed by atoms with Gasteiger partial charge in [-0.05, 0) is 0 Å². The fourth-order valence-corrected chi connectivity index (χ4v) is 1.26. The van der Waals surface area contributed by atoms with Crippen molar-refractivity contribution in [3.8, 4) is 0 Å². The van der Waals surface area contributed by atoms with Gasteiger partial charge in [-0.25, -0.2) is 18.0 Å². The number of sulfone groups is 1. The average molecular weight is 282 g/mol. The minimum absolute atomic E-state index is 0.131. The van der Waals surface area contributed by atoms with Crippen LogP contribution in [0.2, 0.25) is 0 Å². The summed E-state index contributed by atoms with van der Waals surface area (Å²) in [7, 11) is -3.19. The van der Waals surface area contributed by atoms with Gasteiger partial charge in [0.2, 0.25) is 0 Å². The lowest BCUT2D eigenvalue weighted by molar-refractivity contribution is -0.143. The summed E-state index contributed by atoms with van der Waals surface area (Å²) in [5.41, 5.74) is 0. The van der Waals surface area contributed by atoms with E-state index in [1.807, 2.05) is 5.32 Å². The van der Waals surface area contributed by atoms with Crippen LogP contribution in [0.4, 0.5) is 4.79 Å². The van der Waals surface area contributed by atoms with E-state index in [-0.39, 0.29) is 12.3 Å². The third kappa shape index (κ3) is 10.8. The van der Waals surface area contributed by atoms with Gasteiger partial charge in [-0.15, -0.1) is 0 Å². The maximum atomic E-state index is 11.0. The Morgan fingerprint density at radius 2 is 1.83 bits per heavy atom. The maximum absolute atomic E-state index is 11.0. The molecule has 0 aromatic rings. The molecule has 0 saturated carbocycles. The van der Waals surface area contributed by atoms with Gasteiger partial charge in [0.1, 0.15) is 23.1 Å². The van der Waals surface area contributed by atoms with Gasteiger partial charge < -0.3 is 15.2 Å². The molecule has 0 aliphatic rings. The predicted octanol–water partition coefficient (Wildman–Crippen LogP) is -2.04. The highest BCUT2D eigenvalue weighted by atomic mass is 32.2. The Kier molecular flexibility index (Phi) is 6.90. The van der Waals surface area contributed by atoms with Gasteiger partial charge in [-0.2, -0.15) is 0 Å². The summed E-state index contributed by atoms with van der Waals surface area (Å²) in [6.45, 7) is -1.36. The molecule has 0 atom stereocenters. The van der Waals surface area contributed by atoms with Gasteiger partial charge >= 0.3 is 12.0 Å². The fourth-order valence-electron chi connectivity index (χ4n) is 0.788. The second-order valence-electron chi connectivity index (χ2n) is 3.32. The molecule has 0 radical (unpaired) electrons. The van der Waals surface area contributed by atoms with Crippen molar-refractivity contribution in [3.63, 3.8) is 0 Å². The lowest BCUT2D eigenvalue weighted by Crippen LogP contribution is -2.42. The number of hydrogen-bond acceptors (Lipinski definition) is 6. The van der Waals surface area contributed by atoms with Crippen LogP contribution in [-0.2, 0) is 24.2 Å². The van der Waals surface area contributed by atoms with E-state index in [1.54, 1.807) is 0 Å². The van der Waals surface area contributed by atoms with E-state index in [0.29, 0.717) is 0 Å². The number of rotatable bonds is 7. The quantitative estimate of drug-likeness (QED) is 0.488. The molecule has 0 aromatic carbocycles. The van der Waals surface area contributed by atoms with Crippen molar-refractivity contribution in [1.29, 1.82) is 0 Å². The molecule has 0 heterocycles. The zero-order valence-electron chi connectivity index (χ0n) is 9.63. The summed E-state index contributed by atoms with van der Waals surface area (Å²) < 4.78 is 25.9. The molecule has 0 aromatic heterocycles. The third-order valence-corrected chi connectivity index (χ3v) is 2.42. The maximum Gasteiger partial charge on any atom is 0.329 e. The van der Waals surface area contributed by atoms with E-state index in [1.165, 1.54) is 0 Å². The Morgan fingerprint density at radius 3 is 2.33 bits per heavy atom. The molecule has 0 saturated heterocycles. The number of aliphatic carboxylic acids is 1. The summed E-state index contributed by atoms with van der Waals surface area (Å²) in [4.78, 5) is 32.1. The highest BCUT2D eigenvalue weighted by Gasteiger charge is 2.09. The lowest BCUT2D eigenvalue weighted by atomic mass is 10.6. The molecule has 3 N–H and O–H groups in total. The normalized spacial score (nSPS) is 10.7. The van der Waals surface area contributed by atoms with Gasteiger partial charge in [0, 0.05) is 12.8 Å². The molecule has 0 rings (SSSR count). The van der Waals surface area contributed by atoms with Gasteiger partial charge in [-0.1, -0.05) is 0 Å². The number of amides is 3. The van der Waals surface area contributed by atoms with Gasteiger partial charge in [-0.3, -0.25) is 10.1 Å². The van der Waals surface area contributed by atoms with Crippen LogP contribution < -0.4 is 10.6 Å². The monoisotopic (exact) mass is 282 g/mol. The number of carbonyl (C=O) groups is 3. The van der Waals surface area contributed by atoms with Crippen LogP contribution in [0.25, 0.3) is 0 Å². The second-order valence-corrected chi connectivity index (χ2v) is 5.58. The number of carboxylic acids is 1. The van der Waals surface area contributed by atoms with Crippen molar-refractivity contribution in [2.24, 2.45) is 0 Å². The van der Waals surface area contributed by atoms with Gasteiger partial charge in [0.05, 0.1) is 5.75 Å². The van der Waals surface area contributed by atoms with E-state index >= 15 is 0 Å². The van der Waals surface area contributed by atoms with Crippen LogP contribution in [0, 0.1) is 0 Å². The Hall–Kier alpha value is -1.68.